The highest BCUT2D eigenvalue weighted by Crippen LogP contribution is 2.37. The smallest absolute Gasteiger partial charge is 0.264 e. The molecular formula is C15H11Cl5N2O2. The topological polar surface area (TPSA) is 42.4 Å². The van der Waals surface area contributed by atoms with Crippen LogP contribution in [0.5, 0.6) is 5.88 Å². The first-order valence-corrected chi connectivity index (χ1v) is 8.45. The number of halogens is 5. The van der Waals surface area contributed by atoms with Gasteiger partial charge in [0, 0.05) is 28.8 Å². The summed E-state index contributed by atoms with van der Waals surface area (Å²) in [5.41, 5.74) is 0.747. The van der Waals surface area contributed by atoms with E-state index in [1.54, 1.807) is 43.4 Å². The number of alkyl halides is 3. The van der Waals surface area contributed by atoms with Crippen LogP contribution in [0.3, 0.4) is 0 Å². The number of amides is 1. The van der Waals surface area contributed by atoms with E-state index in [1.165, 1.54) is 4.90 Å². The molecule has 24 heavy (non-hydrogen) atoms. The van der Waals surface area contributed by atoms with E-state index in [9.17, 15) is 4.79 Å². The minimum atomic E-state index is -1.67. The largest absolute Gasteiger partial charge is 0.468 e. The molecule has 0 radical (unpaired) electrons. The second-order valence-electron chi connectivity index (χ2n) is 4.73. The first kappa shape index (κ1) is 19.4. The fourth-order valence-corrected chi connectivity index (χ4v) is 2.59. The molecule has 0 atom stereocenters. The first-order chi connectivity index (χ1) is 11.2. The van der Waals surface area contributed by atoms with Crippen LogP contribution in [0.1, 0.15) is 5.69 Å². The number of benzene rings is 1. The van der Waals surface area contributed by atoms with Crippen molar-refractivity contribution < 1.29 is 9.53 Å². The zero-order valence-corrected chi connectivity index (χ0v) is 16.1. The molecule has 9 heteroatoms. The van der Waals surface area contributed by atoms with Crippen molar-refractivity contribution in [1.29, 1.82) is 0 Å². The summed E-state index contributed by atoms with van der Waals surface area (Å²) in [5, 5.41) is 0.852. The fourth-order valence-electron chi connectivity index (χ4n) is 1.76. The molecule has 0 unspecified atom stereocenters. The first-order valence-electron chi connectivity index (χ1n) is 6.56. The number of carbonyl (C=O) groups is 1. The summed E-state index contributed by atoms with van der Waals surface area (Å²) in [6.45, 7) is -0.253. The van der Waals surface area contributed by atoms with Crippen molar-refractivity contribution in [2.75, 3.05) is 18.6 Å². The van der Waals surface area contributed by atoms with E-state index in [1.807, 2.05) is 0 Å². The number of aromatic nitrogens is 1. The van der Waals surface area contributed by atoms with Gasteiger partial charge in [-0.25, -0.2) is 4.98 Å². The minimum Gasteiger partial charge on any atom is -0.468 e. The van der Waals surface area contributed by atoms with Crippen LogP contribution in [-0.2, 0) is 8.59 Å². The van der Waals surface area contributed by atoms with Gasteiger partial charge in [0.05, 0.1) is 5.69 Å². The van der Waals surface area contributed by atoms with E-state index in [0.717, 1.165) is 0 Å². The van der Waals surface area contributed by atoms with Gasteiger partial charge in [0.2, 0.25) is 9.67 Å². The van der Waals surface area contributed by atoms with E-state index < -0.39 is 3.79 Å². The van der Waals surface area contributed by atoms with Crippen molar-refractivity contribution in [2.45, 2.75) is 3.79 Å². The Labute approximate surface area is 164 Å². The number of ether oxygens (including phenoxy) is 1. The highest BCUT2D eigenvalue weighted by molar-refractivity contribution is 6.66. The van der Waals surface area contributed by atoms with Crippen molar-refractivity contribution in [3.05, 3.63) is 52.1 Å². The molecule has 0 aliphatic rings. The van der Waals surface area contributed by atoms with Gasteiger partial charge in [0.1, 0.15) is 0 Å². The van der Waals surface area contributed by atoms with E-state index >= 15 is 0 Å². The number of hydrogen-bond donors (Lipinski definition) is 0. The molecule has 0 saturated carbocycles. The lowest BCUT2D eigenvalue weighted by Crippen LogP contribution is -2.31. The van der Waals surface area contributed by atoms with Crippen molar-refractivity contribution in [3.63, 3.8) is 0 Å². The van der Waals surface area contributed by atoms with E-state index in [-0.39, 0.29) is 24.1 Å². The molecule has 0 N–H and O–H groups in total. The van der Waals surface area contributed by atoms with E-state index in [4.69, 9.17) is 62.7 Å². The number of anilines is 1. The Kier molecular flexibility index (Phi) is 6.46. The maximum absolute atomic E-state index is 12.2. The maximum atomic E-state index is 12.2. The van der Waals surface area contributed by atoms with Gasteiger partial charge in [0.25, 0.3) is 5.91 Å². The standard InChI is InChI=1S/C15H11Cl5N2O2/c1-22(11-6-9(16)5-10(17)7-11)14(23)8-24-13-4-2-3-12(21-13)15(18,19)20/h2-7H,8H2,1H3. The third-order valence-electron chi connectivity index (χ3n) is 2.97. The van der Waals surface area contributed by atoms with Gasteiger partial charge < -0.3 is 9.64 Å². The van der Waals surface area contributed by atoms with Gasteiger partial charge in [-0.1, -0.05) is 64.1 Å². The van der Waals surface area contributed by atoms with Crippen LogP contribution in [-0.4, -0.2) is 24.5 Å². The lowest BCUT2D eigenvalue weighted by molar-refractivity contribution is -0.120. The predicted octanol–water partition coefficient (Wildman–Crippen LogP) is 5.26. The Morgan fingerprint density at radius 2 is 1.79 bits per heavy atom. The molecule has 0 spiro atoms. The second kappa shape index (κ2) is 7.98. The Morgan fingerprint density at radius 3 is 2.38 bits per heavy atom. The molecule has 0 aliphatic carbocycles. The summed E-state index contributed by atoms with van der Waals surface area (Å²) in [6, 6.07) is 9.53. The van der Waals surface area contributed by atoms with Crippen LogP contribution in [0.25, 0.3) is 0 Å². The van der Waals surface area contributed by atoms with Crippen LogP contribution < -0.4 is 9.64 Å². The van der Waals surface area contributed by atoms with Crippen molar-refractivity contribution >= 4 is 69.6 Å². The molecule has 128 valence electrons. The molecule has 4 nitrogen and oxygen atoms in total. The van der Waals surface area contributed by atoms with Gasteiger partial charge in [-0.3, -0.25) is 4.79 Å². The molecule has 0 aliphatic heterocycles. The maximum Gasteiger partial charge on any atom is 0.264 e. The van der Waals surface area contributed by atoms with Crippen molar-refractivity contribution in [2.24, 2.45) is 0 Å². The summed E-state index contributed by atoms with van der Waals surface area (Å²) < 4.78 is 3.69. The van der Waals surface area contributed by atoms with Gasteiger partial charge in [0.15, 0.2) is 6.61 Å². The summed E-state index contributed by atoms with van der Waals surface area (Å²) in [4.78, 5) is 17.6. The minimum absolute atomic E-state index is 0.171. The quantitative estimate of drug-likeness (QED) is 0.624. The average Bonchev–Trinajstić information content (AvgIpc) is 2.50. The Balaban J connectivity index is 2.05. The Hall–Kier alpha value is -0.910. The molecular weight excluding hydrogens is 417 g/mol. The van der Waals surface area contributed by atoms with Crippen molar-refractivity contribution in [3.8, 4) is 5.88 Å². The van der Waals surface area contributed by atoms with Crippen molar-refractivity contribution in [1.82, 2.24) is 4.98 Å². The highest BCUT2D eigenvalue weighted by atomic mass is 35.6. The van der Waals surface area contributed by atoms with Crippen LogP contribution >= 0.6 is 58.0 Å². The summed E-state index contributed by atoms with van der Waals surface area (Å²) >= 11 is 29.2. The number of likely N-dealkylation sites (N-methyl/N-ethyl adjacent to an activating group) is 1. The molecule has 2 rings (SSSR count). The zero-order chi connectivity index (χ0) is 17.9. The molecule has 1 aromatic carbocycles. The molecule has 1 amide bonds. The number of pyridine rings is 1. The SMILES string of the molecule is CN(C(=O)COc1cccc(C(Cl)(Cl)Cl)n1)c1cc(Cl)cc(Cl)c1. The molecule has 0 saturated heterocycles. The lowest BCUT2D eigenvalue weighted by atomic mass is 10.3. The van der Waals surface area contributed by atoms with Gasteiger partial charge >= 0.3 is 0 Å². The number of hydrogen-bond acceptors (Lipinski definition) is 3. The zero-order valence-electron chi connectivity index (χ0n) is 12.3. The fraction of sp³-hybridized carbons (Fsp3) is 0.200. The third-order valence-corrected chi connectivity index (χ3v) is 3.98. The van der Waals surface area contributed by atoms with Gasteiger partial charge in [-0.15, -0.1) is 0 Å². The molecule has 0 bridgehead atoms. The van der Waals surface area contributed by atoms with Gasteiger partial charge in [-0.2, -0.15) is 0 Å². The highest BCUT2D eigenvalue weighted by Gasteiger charge is 2.25. The third kappa shape index (κ3) is 5.30. The van der Waals surface area contributed by atoms with Crippen LogP contribution in [0.4, 0.5) is 5.69 Å². The Bertz CT molecular complexity index is 729. The molecule has 1 aromatic heterocycles. The van der Waals surface area contributed by atoms with E-state index in [0.29, 0.717) is 15.7 Å². The van der Waals surface area contributed by atoms with Crippen LogP contribution in [0.15, 0.2) is 36.4 Å². The molecule has 2 aromatic rings. The summed E-state index contributed by atoms with van der Waals surface area (Å²) in [5.74, 6) is -0.154. The number of nitrogens with zero attached hydrogens (tertiary/aromatic N) is 2. The average molecular weight is 429 g/mol. The van der Waals surface area contributed by atoms with Gasteiger partial charge in [-0.05, 0) is 24.3 Å². The molecule has 0 fully saturated rings. The second-order valence-corrected chi connectivity index (χ2v) is 7.88. The lowest BCUT2D eigenvalue weighted by Gasteiger charge is -2.18. The monoisotopic (exact) mass is 426 g/mol. The predicted molar refractivity (Wildman–Crippen MR) is 98.8 cm³/mol. The molecule has 1 heterocycles. The van der Waals surface area contributed by atoms with Crippen LogP contribution in [0.2, 0.25) is 10.0 Å². The number of rotatable bonds is 4. The van der Waals surface area contributed by atoms with E-state index in [2.05, 4.69) is 4.98 Å². The number of carbonyl (C=O) groups excluding carboxylic acids is 1. The van der Waals surface area contributed by atoms with Crippen LogP contribution in [0, 0.1) is 0 Å². The summed E-state index contributed by atoms with van der Waals surface area (Å²) in [6.07, 6.45) is 0. The normalized spacial score (nSPS) is 11.2. The summed E-state index contributed by atoms with van der Waals surface area (Å²) in [7, 11) is 1.58. The Morgan fingerprint density at radius 1 is 1.17 bits per heavy atom.